The van der Waals surface area contributed by atoms with Crippen LogP contribution < -0.4 is 5.32 Å². The lowest BCUT2D eigenvalue weighted by Crippen LogP contribution is -2.41. The number of aryl methyl sites for hydroxylation is 1. The molecule has 1 N–H and O–H groups in total. The van der Waals surface area contributed by atoms with Crippen LogP contribution in [0, 0.1) is 18.8 Å². The maximum atomic E-state index is 13.3. The minimum Gasteiger partial charge on any atom is -0.307 e. The molecule has 4 rings (SSSR count). The lowest BCUT2D eigenvalue weighted by atomic mass is 9.67. The second-order valence-electron chi connectivity index (χ2n) is 8.12. The quantitative estimate of drug-likeness (QED) is 0.845. The number of fused-ring (bicyclic) bond motifs is 1. The topological polar surface area (TPSA) is 71.4 Å². The van der Waals surface area contributed by atoms with Gasteiger partial charge in [0.2, 0.25) is 0 Å². The van der Waals surface area contributed by atoms with Crippen LogP contribution in [0.3, 0.4) is 0 Å². The van der Waals surface area contributed by atoms with Crippen LogP contribution in [-0.4, -0.2) is 22.4 Å². The van der Waals surface area contributed by atoms with Crippen LogP contribution in [0.1, 0.15) is 43.7 Å². The number of aromatic nitrogens is 1. The number of nitrogens with zero attached hydrogens (tertiary/aromatic N) is 2. The van der Waals surface area contributed by atoms with E-state index in [1.54, 1.807) is 12.3 Å². The molecule has 0 spiro atoms. The molecule has 1 aromatic heterocycles. The van der Waals surface area contributed by atoms with E-state index in [0.29, 0.717) is 23.5 Å². The van der Waals surface area contributed by atoms with E-state index in [-0.39, 0.29) is 29.4 Å². The van der Waals surface area contributed by atoms with Crippen molar-refractivity contribution in [2.24, 2.45) is 16.8 Å². The molecular weight excluding hydrogens is 362 g/mol. The van der Waals surface area contributed by atoms with E-state index in [1.165, 1.54) is 0 Å². The summed E-state index contributed by atoms with van der Waals surface area (Å²) in [6.45, 7) is 5.89. The molecular formula is C24H25N3O2. The summed E-state index contributed by atoms with van der Waals surface area (Å²) in [5.74, 6) is 0.00246. The fourth-order valence-corrected chi connectivity index (χ4v) is 4.42. The van der Waals surface area contributed by atoms with Crippen molar-refractivity contribution in [3.63, 3.8) is 0 Å². The molecule has 2 aliphatic rings. The molecule has 0 unspecified atom stereocenters. The van der Waals surface area contributed by atoms with E-state index in [4.69, 9.17) is 4.99 Å². The number of Topliss-reactive ketones (excluding diaryl/α,β-unsaturated/α-hetero) is 1. The van der Waals surface area contributed by atoms with Crippen molar-refractivity contribution in [2.45, 2.75) is 39.5 Å². The summed E-state index contributed by atoms with van der Waals surface area (Å²) in [5, 5.41) is 2.90. The molecule has 1 aliphatic heterocycles. The average Bonchev–Trinajstić information content (AvgIpc) is 2.69. The van der Waals surface area contributed by atoms with Gasteiger partial charge >= 0.3 is 0 Å². The van der Waals surface area contributed by atoms with Gasteiger partial charge in [-0.05, 0) is 43.4 Å². The molecule has 2 aromatic rings. The van der Waals surface area contributed by atoms with E-state index in [0.717, 1.165) is 23.3 Å². The first-order chi connectivity index (χ1) is 13.9. The number of ketones is 1. The third kappa shape index (κ3) is 3.77. The molecule has 0 bridgehead atoms. The van der Waals surface area contributed by atoms with Crippen molar-refractivity contribution in [1.82, 2.24) is 4.98 Å². The van der Waals surface area contributed by atoms with Crippen LogP contribution >= 0.6 is 0 Å². The first-order valence-corrected chi connectivity index (χ1v) is 10.0. The summed E-state index contributed by atoms with van der Waals surface area (Å²) in [4.78, 5) is 35.4. The zero-order valence-corrected chi connectivity index (χ0v) is 17.0. The number of hydrogen-bond donors (Lipinski definition) is 1. The van der Waals surface area contributed by atoms with Gasteiger partial charge in [0.15, 0.2) is 0 Å². The third-order valence-corrected chi connectivity index (χ3v) is 5.71. The summed E-state index contributed by atoms with van der Waals surface area (Å²) >= 11 is 0. The lowest BCUT2D eigenvalue weighted by molar-refractivity contribution is -0.123. The number of hydrogen-bond acceptors (Lipinski definition) is 4. The number of benzene rings is 1. The van der Waals surface area contributed by atoms with Gasteiger partial charge in [0.25, 0.3) is 5.91 Å². The number of rotatable bonds is 3. The molecule has 1 aromatic carbocycles. The molecule has 2 heterocycles. The minimum atomic E-state index is -0.371. The van der Waals surface area contributed by atoms with E-state index in [1.807, 2.05) is 50.2 Å². The zero-order valence-electron chi connectivity index (χ0n) is 17.0. The Bertz CT molecular complexity index is 1010. The first kappa shape index (κ1) is 19.2. The maximum Gasteiger partial charge on any atom is 0.255 e. The maximum absolute atomic E-state index is 13.3. The Balaban J connectivity index is 1.77. The summed E-state index contributed by atoms with van der Waals surface area (Å²) in [6, 6.07) is 13.5. The van der Waals surface area contributed by atoms with Gasteiger partial charge in [0.05, 0.1) is 5.92 Å². The van der Waals surface area contributed by atoms with Crippen molar-refractivity contribution in [1.29, 1.82) is 0 Å². The van der Waals surface area contributed by atoms with Crippen LogP contribution in [0.4, 0.5) is 5.82 Å². The average molecular weight is 387 g/mol. The highest BCUT2D eigenvalue weighted by Gasteiger charge is 2.44. The smallest absolute Gasteiger partial charge is 0.255 e. The fraction of sp³-hybridized carbons (Fsp3) is 0.333. The van der Waals surface area contributed by atoms with E-state index >= 15 is 0 Å². The number of carbonyl (C=O) groups excluding carboxylic acids is 2. The number of nitrogens with one attached hydrogen (secondary N) is 1. The van der Waals surface area contributed by atoms with Crippen molar-refractivity contribution in [3.05, 3.63) is 71.1 Å². The Morgan fingerprint density at radius 2 is 1.79 bits per heavy atom. The zero-order chi connectivity index (χ0) is 20.5. The number of pyridine rings is 1. The van der Waals surface area contributed by atoms with Crippen molar-refractivity contribution in [2.75, 3.05) is 5.32 Å². The fourth-order valence-electron chi connectivity index (χ4n) is 4.42. The second kappa shape index (κ2) is 7.74. The molecule has 29 heavy (non-hydrogen) atoms. The van der Waals surface area contributed by atoms with Crippen LogP contribution in [0.15, 0.2) is 64.9 Å². The van der Waals surface area contributed by atoms with Crippen LogP contribution in [0.25, 0.3) is 0 Å². The Hall–Kier alpha value is -3.08. The molecule has 1 aliphatic carbocycles. The third-order valence-electron chi connectivity index (χ3n) is 5.71. The molecule has 148 valence electrons. The van der Waals surface area contributed by atoms with Crippen molar-refractivity contribution >= 4 is 23.2 Å². The van der Waals surface area contributed by atoms with Crippen molar-refractivity contribution < 1.29 is 9.59 Å². The number of allylic oxidation sites excluding steroid dienone is 1. The molecule has 1 saturated carbocycles. The van der Waals surface area contributed by atoms with Crippen LogP contribution in [0.2, 0.25) is 0 Å². The number of anilines is 1. The Labute approximate surface area is 171 Å². The van der Waals surface area contributed by atoms with E-state index in [9.17, 15) is 9.59 Å². The summed E-state index contributed by atoms with van der Waals surface area (Å²) < 4.78 is 0. The van der Waals surface area contributed by atoms with E-state index < -0.39 is 0 Å². The molecule has 1 amide bonds. The molecule has 3 atom stereocenters. The highest BCUT2D eigenvalue weighted by atomic mass is 16.2. The van der Waals surface area contributed by atoms with Crippen LogP contribution in [-0.2, 0) is 9.59 Å². The van der Waals surface area contributed by atoms with Gasteiger partial charge in [0.1, 0.15) is 11.6 Å². The summed E-state index contributed by atoms with van der Waals surface area (Å²) in [6.07, 6.45) is 3.04. The summed E-state index contributed by atoms with van der Waals surface area (Å²) in [5.41, 5.74) is 4.13. The molecule has 1 fully saturated rings. The number of amides is 1. The normalized spacial score (nSPS) is 24.0. The largest absolute Gasteiger partial charge is 0.307 e. The predicted molar refractivity (Wildman–Crippen MR) is 114 cm³/mol. The van der Waals surface area contributed by atoms with Crippen molar-refractivity contribution in [3.8, 4) is 0 Å². The second-order valence-corrected chi connectivity index (χ2v) is 8.12. The van der Waals surface area contributed by atoms with Gasteiger partial charge < -0.3 is 5.32 Å². The van der Waals surface area contributed by atoms with Crippen LogP contribution in [0.5, 0.6) is 0 Å². The highest BCUT2D eigenvalue weighted by Crippen LogP contribution is 2.43. The highest BCUT2D eigenvalue weighted by molar-refractivity contribution is 6.14. The Kier molecular flexibility index (Phi) is 5.14. The number of carbonyl (C=O) groups is 2. The van der Waals surface area contributed by atoms with Gasteiger partial charge in [-0.15, -0.1) is 0 Å². The Morgan fingerprint density at radius 1 is 1.03 bits per heavy atom. The Morgan fingerprint density at radius 3 is 2.48 bits per heavy atom. The van der Waals surface area contributed by atoms with Gasteiger partial charge in [-0.2, -0.15) is 0 Å². The molecule has 5 heteroatoms. The molecule has 0 saturated heterocycles. The minimum absolute atomic E-state index is 0.169. The first-order valence-electron chi connectivity index (χ1n) is 10.0. The van der Waals surface area contributed by atoms with Gasteiger partial charge in [-0.1, -0.05) is 43.3 Å². The van der Waals surface area contributed by atoms with Gasteiger partial charge in [-0.3, -0.25) is 14.6 Å². The predicted octanol–water partition coefficient (Wildman–Crippen LogP) is 4.46. The van der Waals surface area contributed by atoms with Gasteiger partial charge in [0, 0.05) is 35.5 Å². The lowest BCUT2D eigenvalue weighted by Gasteiger charge is -2.37. The monoisotopic (exact) mass is 387 g/mol. The SMILES string of the molecule is CC1=C(C(=O)Nc2ccc(C)cn2)[C@H](c2ccccc2)[C@@H]2C(=O)C[C@@H](C)CC2=N1. The summed E-state index contributed by atoms with van der Waals surface area (Å²) in [7, 11) is 0. The van der Waals surface area contributed by atoms with Gasteiger partial charge in [-0.25, -0.2) is 4.98 Å². The molecule has 5 nitrogen and oxygen atoms in total. The standard InChI is InChI=1S/C24H25N3O2/c1-14-9-10-20(25-13-14)27-24(29)21-16(3)26-18-11-15(2)12-19(28)23(18)22(21)17-7-5-4-6-8-17/h4-10,13,15,22-23H,11-12H2,1-3H3,(H,25,27,29)/t15-,22-,23-/m0/s1. The van der Waals surface area contributed by atoms with E-state index in [2.05, 4.69) is 17.2 Å². The number of aliphatic imine (C=N–C) groups is 1. The molecule has 0 radical (unpaired) electrons.